The number of benzene rings is 1. The first-order valence-corrected chi connectivity index (χ1v) is 8.56. The molecule has 3 rings (SSSR count). The summed E-state index contributed by atoms with van der Waals surface area (Å²) in [5.74, 6) is 0.826. The van der Waals surface area contributed by atoms with Crippen molar-refractivity contribution >= 4 is 40.8 Å². The summed E-state index contributed by atoms with van der Waals surface area (Å²) < 4.78 is 5.76. The number of para-hydroxylation sites is 1. The molecule has 1 atom stereocenters. The van der Waals surface area contributed by atoms with Crippen LogP contribution in [0.2, 0.25) is 0 Å². The smallest absolute Gasteiger partial charge is 0.191 e. The predicted molar refractivity (Wildman–Crippen MR) is 114 cm³/mol. The second-order valence-electron chi connectivity index (χ2n) is 6.24. The van der Waals surface area contributed by atoms with E-state index in [1.165, 1.54) is 16.5 Å². The zero-order valence-corrected chi connectivity index (χ0v) is 17.2. The zero-order chi connectivity index (χ0) is 16.8. The number of guanidine groups is 1. The van der Waals surface area contributed by atoms with Crippen LogP contribution in [-0.4, -0.2) is 68.8 Å². The molecule has 1 aromatic carbocycles. The normalized spacial score (nSPS) is 18.8. The Morgan fingerprint density at radius 1 is 1.36 bits per heavy atom. The molecule has 1 fully saturated rings. The van der Waals surface area contributed by atoms with Crippen molar-refractivity contribution in [2.75, 3.05) is 46.9 Å². The highest BCUT2D eigenvalue weighted by atomic mass is 127. The van der Waals surface area contributed by atoms with Gasteiger partial charge in [-0.05, 0) is 25.1 Å². The molecule has 1 saturated heterocycles. The third kappa shape index (κ3) is 5.58. The van der Waals surface area contributed by atoms with Gasteiger partial charge in [0.25, 0.3) is 0 Å². The van der Waals surface area contributed by atoms with Gasteiger partial charge in [0.2, 0.25) is 0 Å². The Bertz CT molecular complexity index is 687. The first-order chi connectivity index (χ1) is 11.8. The number of aliphatic imine (C=N–C) groups is 1. The number of ether oxygens (including phenoxy) is 1. The number of H-pyrrole nitrogens is 1. The Kier molecular flexibility index (Phi) is 7.98. The second kappa shape index (κ2) is 9.98. The van der Waals surface area contributed by atoms with Crippen LogP contribution in [0, 0.1) is 0 Å². The number of fused-ring (bicyclic) bond motifs is 1. The molecule has 0 aliphatic carbocycles. The lowest BCUT2D eigenvalue weighted by molar-refractivity contribution is -0.0161. The number of nitrogens with one attached hydrogen (secondary N) is 3. The number of hydrogen-bond acceptors (Lipinski definition) is 3. The summed E-state index contributed by atoms with van der Waals surface area (Å²) in [6.07, 6.45) is 3.26. The van der Waals surface area contributed by atoms with Gasteiger partial charge in [0.05, 0.1) is 12.7 Å². The highest BCUT2D eigenvalue weighted by Crippen LogP contribution is 2.17. The fourth-order valence-corrected chi connectivity index (χ4v) is 3.08. The zero-order valence-electron chi connectivity index (χ0n) is 14.9. The summed E-state index contributed by atoms with van der Waals surface area (Å²) in [7, 11) is 3.93. The van der Waals surface area contributed by atoms with E-state index in [0.29, 0.717) is 0 Å². The van der Waals surface area contributed by atoms with Crippen molar-refractivity contribution in [2.45, 2.75) is 12.5 Å². The number of likely N-dealkylation sites (N-methyl/N-ethyl adjacent to an activating group) is 1. The molecule has 0 bridgehead atoms. The molecule has 1 aromatic heterocycles. The third-order valence-electron chi connectivity index (χ3n) is 4.42. The van der Waals surface area contributed by atoms with Crippen LogP contribution in [0.1, 0.15) is 5.56 Å². The highest BCUT2D eigenvalue weighted by Gasteiger charge is 2.17. The number of nitrogens with zero attached hydrogens (tertiary/aromatic N) is 2. The van der Waals surface area contributed by atoms with Crippen LogP contribution >= 0.6 is 24.0 Å². The lowest BCUT2D eigenvalue weighted by Gasteiger charge is -2.30. The molecule has 0 saturated carbocycles. The number of hydrogen-bond donors (Lipinski definition) is 3. The molecular weight excluding hydrogens is 429 g/mol. The van der Waals surface area contributed by atoms with Crippen molar-refractivity contribution in [1.29, 1.82) is 0 Å². The molecule has 25 heavy (non-hydrogen) atoms. The number of aromatic amines is 1. The van der Waals surface area contributed by atoms with Crippen molar-refractivity contribution in [1.82, 2.24) is 20.5 Å². The summed E-state index contributed by atoms with van der Waals surface area (Å²) in [5.41, 5.74) is 2.51. The van der Waals surface area contributed by atoms with Crippen LogP contribution in [-0.2, 0) is 11.2 Å². The summed E-state index contributed by atoms with van der Waals surface area (Å²) in [4.78, 5) is 9.90. The molecule has 7 heteroatoms. The van der Waals surface area contributed by atoms with Gasteiger partial charge in [-0.15, -0.1) is 24.0 Å². The predicted octanol–water partition coefficient (Wildman–Crippen LogP) is 1.82. The molecule has 0 spiro atoms. The molecule has 2 heterocycles. The monoisotopic (exact) mass is 457 g/mol. The molecule has 2 aromatic rings. The van der Waals surface area contributed by atoms with Gasteiger partial charge in [-0.2, -0.15) is 0 Å². The van der Waals surface area contributed by atoms with E-state index in [2.05, 4.69) is 63.0 Å². The van der Waals surface area contributed by atoms with Gasteiger partial charge < -0.3 is 25.3 Å². The molecule has 1 aliphatic heterocycles. The number of aromatic nitrogens is 1. The second-order valence-corrected chi connectivity index (χ2v) is 6.24. The maximum atomic E-state index is 5.76. The van der Waals surface area contributed by atoms with Gasteiger partial charge in [0.1, 0.15) is 0 Å². The Morgan fingerprint density at radius 3 is 3.00 bits per heavy atom. The van der Waals surface area contributed by atoms with Gasteiger partial charge in [0.15, 0.2) is 5.96 Å². The van der Waals surface area contributed by atoms with Crippen LogP contribution in [0.5, 0.6) is 0 Å². The van der Waals surface area contributed by atoms with Gasteiger partial charge in [-0.1, -0.05) is 18.2 Å². The number of morpholine rings is 1. The quantitative estimate of drug-likeness (QED) is 0.364. The maximum Gasteiger partial charge on any atom is 0.191 e. The summed E-state index contributed by atoms with van der Waals surface area (Å²) in [6, 6.07) is 8.39. The van der Waals surface area contributed by atoms with Gasteiger partial charge in [0, 0.05) is 50.3 Å². The van der Waals surface area contributed by atoms with E-state index in [1.807, 2.05) is 0 Å². The first-order valence-electron chi connectivity index (χ1n) is 8.56. The SMILES string of the molecule is CN=C(NCCc1c[nH]c2ccccc12)NCC1CN(C)CCO1.I. The molecule has 1 aliphatic rings. The standard InChI is InChI=1S/C18H27N5O.HI/c1-19-18(22-12-15-13-23(2)9-10-24-15)20-8-7-14-11-21-17-6-4-3-5-16(14)17;/h3-6,11,15,21H,7-10,12-13H2,1-2H3,(H2,19,20,22);1H. The Hall–Kier alpha value is -1.32. The average molecular weight is 457 g/mol. The van der Waals surface area contributed by atoms with Crippen molar-refractivity contribution in [3.63, 3.8) is 0 Å². The van der Waals surface area contributed by atoms with Crippen LogP contribution < -0.4 is 10.6 Å². The van der Waals surface area contributed by atoms with Gasteiger partial charge in [-0.25, -0.2) is 0 Å². The topological polar surface area (TPSA) is 64.7 Å². The average Bonchev–Trinajstić information content (AvgIpc) is 3.01. The number of rotatable bonds is 5. The van der Waals surface area contributed by atoms with E-state index in [4.69, 9.17) is 4.74 Å². The van der Waals surface area contributed by atoms with Crippen molar-refractivity contribution in [2.24, 2.45) is 4.99 Å². The maximum absolute atomic E-state index is 5.76. The van der Waals surface area contributed by atoms with E-state index in [9.17, 15) is 0 Å². The number of halogens is 1. The Morgan fingerprint density at radius 2 is 2.20 bits per heavy atom. The minimum Gasteiger partial charge on any atom is -0.374 e. The molecule has 1 unspecified atom stereocenters. The Labute approximate surface area is 166 Å². The van der Waals surface area contributed by atoms with E-state index >= 15 is 0 Å². The van der Waals surface area contributed by atoms with Crippen molar-refractivity contribution < 1.29 is 4.74 Å². The van der Waals surface area contributed by atoms with Crippen LogP contribution in [0.25, 0.3) is 10.9 Å². The largest absolute Gasteiger partial charge is 0.374 e. The molecular formula is C18H28IN5O. The van der Waals surface area contributed by atoms with E-state index < -0.39 is 0 Å². The lowest BCUT2D eigenvalue weighted by Crippen LogP contribution is -2.48. The highest BCUT2D eigenvalue weighted by molar-refractivity contribution is 14.0. The summed E-state index contributed by atoms with van der Waals surface area (Å²) in [5, 5.41) is 8.03. The third-order valence-corrected chi connectivity index (χ3v) is 4.42. The molecule has 0 radical (unpaired) electrons. The first kappa shape index (κ1) is 20.0. The van der Waals surface area contributed by atoms with E-state index in [-0.39, 0.29) is 30.1 Å². The van der Waals surface area contributed by atoms with Crippen molar-refractivity contribution in [3.05, 3.63) is 36.0 Å². The minimum atomic E-state index is 0. The molecule has 6 nitrogen and oxygen atoms in total. The van der Waals surface area contributed by atoms with Crippen molar-refractivity contribution in [3.8, 4) is 0 Å². The fourth-order valence-electron chi connectivity index (χ4n) is 3.08. The summed E-state index contributed by atoms with van der Waals surface area (Å²) in [6.45, 7) is 4.38. The van der Waals surface area contributed by atoms with Crippen LogP contribution in [0.4, 0.5) is 0 Å². The molecule has 3 N–H and O–H groups in total. The van der Waals surface area contributed by atoms with Gasteiger partial charge >= 0.3 is 0 Å². The molecule has 138 valence electrons. The fraction of sp³-hybridized carbons (Fsp3) is 0.500. The Balaban J connectivity index is 0.00000225. The van der Waals surface area contributed by atoms with E-state index in [1.54, 1.807) is 7.05 Å². The van der Waals surface area contributed by atoms with Crippen LogP contribution in [0.3, 0.4) is 0 Å². The van der Waals surface area contributed by atoms with Gasteiger partial charge in [-0.3, -0.25) is 4.99 Å². The van der Waals surface area contributed by atoms with Crippen LogP contribution in [0.15, 0.2) is 35.5 Å². The summed E-state index contributed by atoms with van der Waals surface area (Å²) >= 11 is 0. The molecule has 0 amide bonds. The van der Waals surface area contributed by atoms with E-state index in [0.717, 1.165) is 45.2 Å². The minimum absolute atomic E-state index is 0. The lowest BCUT2D eigenvalue weighted by atomic mass is 10.1.